The smallest absolute Gasteiger partial charge is 0.331 e. The summed E-state index contributed by atoms with van der Waals surface area (Å²) in [7, 11) is -2.00. The molecule has 14 heavy (non-hydrogen) atoms. The molecule has 0 bridgehead atoms. The fourth-order valence-corrected chi connectivity index (χ4v) is 2.23. The minimum Gasteiger partial charge on any atom is -0.460 e. The lowest BCUT2D eigenvalue weighted by atomic mass is 10.6. The Morgan fingerprint density at radius 2 is 2.00 bits per heavy atom. The third-order valence-electron chi connectivity index (χ3n) is 1.44. The molecule has 82 valence electrons. The highest BCUT2D eigenvalue weighted by Crippen LogP contribution is 2.05. The van der Waals surface area contributed by atoms with E-state index in [1.807, 2.05) is 20.0 Å². The molecule has 0 spiro atoms. The maximum Gasteiger partial charge on any atom is 0.331 e. The number of ether oxygens (including phenoxy) is 1. The van der Waals surface area contributed by atoms with Gasteiger partial charge < -0.3 is 13.6 Å². The van der Waals surface area contributed by atoms with Crippen LogP contribution in [0.4, 0.5) is 0 Å². The summed E-state index contributed by atoms with van der Waals surface area (Å²) in [4.78, 5) is 10.6. The van der Waals surface area contributed by atoms with Gasteiger partial charge >= 0.3 is 14.5 Å². The van der Waals surface area contributed by atoms with Gasteiger partial charge in [0, 0.05) is 12.7 Å². The Kier molecular flexibility index (Phi) is 6.43. The molecule has 0 aliphatic heterocycles. The Hall–Kier alpha value is -0.653. The highest BCUT2D eigenvalue weighted by atomic mass is 28.4. The van der Waals surface area contributed by atoms with Crippen molar-refractivity contribution in [3.8, 4) is 0 Å². The predicted octanol–water partition coefficient (Wildman–Crippen LogP) is 1.47. The van der Waals surface area contributed by atoms with Crippen LogP contribution in [0.5, 0.6) is 0 Å². The average Bonchev–Trinajstić information content (AvgIpc) is 2.12. The van der Waals surface area contributed by atoms with Crippen molar-refractivity contribution < 1.29 is 18.4 Å². The lowest BCUT2D eigenvalue weighted by Crippen LogP contribution is -2.36. The molecule has 0 aromatic carbocycles. The van der Waals surface area contributed by atoms with Crippen LogP contribution in [-0.4, -0.2) is 34.4 Å². The number of rotatable bonds is 7. The van der Waals surface area contributed by atoms with Crippen LogP contribution in [0.2, 0.25) is 13.1 Å². The number of hydrogen-bond donors (Lipinski definition) is 0. The van der Waals surface area contributed by atoms with E-state index in [9.17, 15) is 4.79 Å². The van der Waals surface area contributed by atoms with Gasteiger partial charge in [-0.1, -0.05) is 6.58 Å². The quantitative estimate of drug-likeness (QED) is 0.281. The molecule has 0 saturated carbocycles. The van der Waals surface area contributed by atoms with Crippen molar-refractivity contribution in [3.63, 3.8) is 0 Å². The van der Waals surface area contributed by atoms with E-state index in [1.54, 1.807) is 0 Å². The lowest BCUT2D eigenvalue weighted by molar-refractivity contribution is -0.138. The van der Waals surface area contributed by atoms with Crippen molar-refractivity contribution in [2.45, 2.75) is 20.0 Å². The molecule has 0 aliphatic rings. The Labute approximate surface area is 86.1 Å². The molecule has 0 heterocycles. The standard InChI is InChI=1S/C9H18O4Si/c1-5-9(10)11-7-8-13-14(3,4)12-6-2/h5H,1,6-8H2,2-4H3. The fraction of sp³-hybridized carbons (Fsp3) is 0.667. The summed E-state index contributed by atoms with van der Waals surface area (Å²) in [5, 5.41) is 0. The second kappa shape index (κ2) is 6.75. The predicted molar refractivity (Wildman–Crippen MR) is 56.2 cm³/mol. The number of carbonyl (C=O) groups is 1. The summed E-state index contributed by atoms with van der Waals surface area (Å²) in [5.74, 6) is -0.426. The number of esters is 1. The fourth-order valence-electron chi connectivity index (χ4n) is 0.878. The molecule has 0 N–H and O–H groups in total. The van der Waals surface area contributed by atoms with E-state index in [4.69, 9.17) is 13.6 Å². The molecule has 0 aromatic heterocycles. The molecule has 0 amide bonds. The van der Waals surface area contributed by atoms with Crippen molar-refractivity contribution in [3.05, 3.63) is 12.7 Å². The zero-order valence-corrected chi connectivity index (χ0v) is 10.0. The van der Waals surface area contributed by atoms with Gasteiger partial charge in [-0.25, -0.2) is 4.79 Å². The number of carbonyl (C=O) groups excluding carboxylic acids is 1. The molecular weight excluding hydrogens is 200 g/mol. The van der Waals surface area contributed by atoms with Gasteiger partial charge in [0.2, 0.25) is 0 Å². The second-order valence-electron chi connectivity index (χ2n) is 3.05. The summed E-state index contributed by atoms with van der Waals surface area (Å²) >= 11 is 0. The first-order valence-corrected chi connectivity index (χ1v) is 7.40. The Bertz CT molecular complexity index is 191. The summed E-state index contributed by atoms with van der Waals surface area (Å²) in [6.07, 6.45) is 1.13. The van der Waals surface area contributed by atoms with Gasteiger partial charge in [-0.2, -0.15) is 0 Å². The van der Waals surface area contributed by atoms with E-state index in [0.29, 0.717) is 13.2 Å². The molecule has 0 aromatic rings. The van der Waals surface area contributed by atoms with Crippen molar-refractivity contribution in [2.75, 3.05) is 19.8 Å². The van der Waals surface area contributed by atoms with E-state index >= 15 is 0 Å². The van der Waals surface area contributed by atoms with Crippen LogP contribution in [0.25, 0.3) is 0 Å². The maximum absolute atomic E-state index is 10.6. The molecular formula is C9H18O4Si. The van der Waals surface area contributed by atoms with E-state index in [1.165, 1.54) is 0 Å². The highest BCUT2D eigenvalue weighted by Gasteiger charge is 2.23. The van der Waals surface area contributed by atoms with Crippen molar-refractivity contribution in [1.29, 1.82) is 0 Å². The Morgan fingerprint density at radius 1 is 1.36 bits per heavy atom. The van der Waals surface area contributed by atoms with Crippen molar-refractivity contribution in [1.82, 2.24) is 0 Å². The van der Waals surface area contributed by atoms with Crippen LogP contribution in [0.15, 0.2) is 12.7 Å². The minimum atomic E-state index is -2.00. The van der Waals surface area contributed by atoms with Crippen molar-refractivity contribution in [2.24, 2.45) is 0 Å². The number of hydrogen-bond acceptors (Lipinski definition) is 4. The van der Waals surface area contributed by atoms with Gasteiger partial charge in [0.1, 0.15) is 6.61 Å². The molecule has 0 unspecified atom stereocenters. The van der Waals surface area contributed by atoms with Gasteiger partial charge in [0.25, 0.3) is 0 Å². The first-order valence-electron chi connectivity index (χ1n) is 4.59. The first-order chi connectivity index (χ1) is 6.52. The van der Waals surface area contributed by atoms with E-state index in [2.05, 4.69) is 6.58 Å². The summed E-state index contributed by atoms with van der Waals surface area (Å²) in [6, 6.07) is 0. The molecule has 0 aliphatic carbocycles. The molecule has 5 heteroatoms. The zero-order chi connectivity index (χ0) is 11.0. The molecule has 0 radical (unpaired) electrons. The van der Waals surface area contributed by atoms with Gasteiger partial charge in [-0.3, -0.25) is 0 Å². The zero-order valence-electron chi connectivity index (χ0n) is 9.04. The third kappa shape index (κ3) is 6.82. The highest BCUT2D eigenvalue weighted by molar-refractivity contribution is 6.64. The molecule has 0 fully saturated rings. The monoisotopic (exact) mass is 218 g/mol. The first kappa shape index (κ1) is 13.3. The van der Waals surface area contributed by atoms with Crippen LogP contribution in [0.1, 0.15) is 6.92 Å². The summed E-state index contributed by atoms with van der Waals surface area (Å²) in [6.45, 7) is 10.4. The molecule has 0 saturated heterocycles. The van der Waals surface area contributed by atoms with Crippen LogP contribution in [0.3, 0.4) is 0 Å². The molecule has 0 atom stereocenters. The minimum absolute atomic E-state index is 0.244. The van der Waals surface area contributed by atoms with Crippen LogP contribution in [-0.2, 0) is 18.4 Å². The second-order valence-corrected chi connectivity index (χ2v) is 6.43. The largest absolute Gasteiger partial charge is 0.460 e. The molecule has 4 nitrogen and oxygen atoms in total. The normalized spacial score (nSPS) is 11.1. The van der Waals surface area contributed by atoms with E-state index in [0.717, 1.165) is 6.08 Å². The van der Waals surface area contributed by atoms with Crippen LogP contribution < -0.4 is 0 Å². The summed E-state index contributed by atoms with van der Waals surface area (Å²) in [5.41, 5.74) is 0. The van der Waals surface area contributed by atoms with Gasteiger partial charge in [-0.15, -0.1) is 0 Å². The topological polar surface area (TPSA) is 44.8 Å². The van der Waals surface area contributed by atoms with E-state index in [-0.39, 0.29) is 6.61 Å². The average molecular weight is 218 g/mol. The van der Waals surface area contributed by atoms with E-state index < -0.39 is 14.5 Å². The van der Waals surface area contributed by atoms with Gasteiger partial charge in [0.05, 0.1) is 6.61 Å². The molecule has 0 rings (SSSR count). The Morgan fingerprint density at radius 3 is 2.50 bits per heavy atom. The summed E-state index contributed by atoms with van der Waals surface area (Å²) < 4.78 is 15.6. The lowest BCUT2D eigenvalue weighted by Gasteiger charge is -2.21. The van der Waals surface area contributed by atoms with Crippen molar-refractivity contribution >= 4 is 14.5 Å². The van der Waals surface area contributed by atoms with Gasteiger partial charge in [-0.05, 0) is 20.0 Å². The van der Waals surface area contributed by atoms with Crippen LogP contribution >= 0.6 is 0 Å². The SMILES string of the molecule is C=CC(=O)OCCO[Si](C)(C)OCC. The third-order valence-corrected chi connectivity index (χ3v) is 3.32. The van der Waals surface area contributed by atoms with Crippen LogP contribution in [0, 0.1) is 0 Å². The maximum atomic E-state index is 10.6. The Balaban J connectivity index is 3.53. The van der Waals surface area contributed by atoms with Gasteiger partial charge in [0.15, 0.2) is 0 Å².